The first-order valence-corrected chi connectivity index (χ1v) is 11.1. The van der Waals surface area contributed by atoms with Crippen LogP contribution in [0.25, 0.3) is 0 Å². The lowest BCUT2D eigenvalue weighted by Gasteiger charge is -2.24. The minimum atomic E-state index is -0.443. The summed E-state index contributed by atoms with van der Waals surface area (Å²) in [5.74, 6) is 0.0936. The molecule has 0 spiro atoms. The third kappa shape index (κ3) is 6.34. The van der Waals surface area contributed by atoms with Crippen LogP contribution in [0.2, 0.25) is 0 Å². The molecule has 5 nitrogen and oxygen atoms in total. The molecule has 29 heavy (non-hydrogen) atoms. The van der Waals surface area contributed by atoms with Gasteiger partial charge in [0.1, 0.15) is 0 Å². The summed E-state index contributed by atoms with van der Waals surface area (Å²) >= 11 is 1.58. The van der Waals surface area contributed by atoms with E-state index in [0.29, 0.717) is 5.92 Å². The first-order valence-electron chi connectivity index (χ1n) is 9.90. The third-order valence-electron chi connectivity index (χ3n) is 5.18. The van der Waals surface area contributed by atoms with Crippen molar-refractivity contribution < 1.29 is 9.59 Å². The molecule has 0 unspecified atom stereocenters. The van der Waals surface area contributed by atoms with Crippen molar-refractivity contribution in [2.75, 3.05) is 30.5 Å². The van der Waals surface area contributed by atoms with E-state index in [-0.39, 0.29) is 18.4 Å². The molecule has 2 N–H and O–H groups in total. The van der Waals surface area contributed by atoms with Crippen LogP contribution in [0.1, 0.15) is 38.7 Å². The van der Waals surface area contributed by atoms with Crippen molar-refractivity contribution in [1.82, 2.24) is 4.90 Å². The summed E-state index contributed by atoms with van der Waals surface area (Å²) in [5, 5.41) is 5.97. The highest BCUT2D eigenvalue weighted by molar-refractivity contribution is 7.98. The van der Waals surface area contributed by atoms with Crippen LogP contribution in [0.3, 0.4) is 0 Å². The Morgan fingerprint density at radius 1 is 1.00 bits per heavy atom. The highest BCUT2D eigenvalue weighted by Gasteiger charge is 2.22. The van der Waals surface area contributed by atoms with E-state index in [2.05, 4.69) is 30.5 Å². The molecule has 0 aliphatic rings. The number of anilines is 2. The maximum absolute atomic E-state index is 12.8. The fraction of sp³-hybridized carbons (Fsp3) is 0.391. The SMILES string of the molecule is CC[C@@H](C)c1ccccc1NC(=O)[C@@H](C)N(C)CC(=O)Nc1ccccc1SC. The Labute approximate surface area is 178 Å². The minimum Gasteiger partial charge on any atom is -0.324 e. The van der Waals surface area contributed by atoms with Gasteiger partial charge in [0.2, 0.25) is 11.8 Å². The summed E-state index contributed by atoms with van der Waals surface area (Å²) in [4.78, 5) is 28.0. The predicted molar refractivity (Wildman–Crippen MR) is 123 cm³/mol. The lowest BCUT2D eigenvalue weighted by molar-refractivity contribution is -0.122. The van der Waals surface area contributed by atoms with E-state index in [4.69, 9.17) is 0 Å². The van der Waals surface area contributed by atoms with E-state index in [1.165, 1.54) is 0 Å². The second-order valence-electron chi connectivity index (χ2n) is 7.23. The first kappa shape index (κ1) is 23.0. The van der Waals surface area contributed by atoms with E-state index >= 15 is 0 Å². The van der Waals surface area contributed by atoms with Gasteiger partial charge >= 0.3 is 0 Å². The lowest BCUT2D eigenvalue weighted by Crippen LogP contribution is -2.43. The summed E-state index contributed by atoms with van der Waals surface area (Å²) in [6.07, 6.45) is 2.97. The molecule has 0 heterocycles. The summed E-state index contributed by atoms with van der Waals surface area (Å²) < 4.78 is 0. The Hall–Kier alpha value is -2.31. The molecule has 0 saturated carbocycles. The molecule has 2 amide bonds. The molecule has 0 bridgehead atoms. The van der Waals surface area contributed by atoms with Crippen LogP contribution in [0.15, 0.2) is 53.4 Å². The largest absolute Gasteiger partial charge is 0.324 e. The molecular formula is C23H31N3O2S. The predicted octanol–water partition coefficient (Wildman–Crippen LogP) is 4.82. The number of carbonyl (C=O) groups excluding carboxylic acids is 2. The number of rotatable bonds is 9. The van der Waals surface area contributed by atoms with Crippen molar-refractivity contribution in [1.29, 1.82) is 0 Å². The number of benzene rings is 2. The zero-order chi connectivity index (χ0) is 21.4. The van der Waals surface area contributed by atoms with Crippen molar-refractivity contribution in [2.24, 2.45) is 0 Å². The maximum Gasteiger partial charge on any atom is 0.241 e. The zero-order valence-electron chi connectivity index (χ0n) is 17.9. The highest BCUT2D eigenvalue weighted by Crippen LogP contribution is 2.27. The summed E-state index contributed by atoms with van der Waals surface area (Å²) in [5.41, 5.74) is 2.76. The molecular weight excluding hydrogens is 382 g/mol. The molecule has 0 fully saturated rings. The topological polar surface area (TPSA) is 61.4 Å². The molecule has 6 heteroatoms. The third-order valence-corrected chi connectivity index (χ3v) is 5.97. The molecule has 2 aromatic carbocycles. The molecule has 0 aromatic heterocycles. The number of hydrogen-bond acceptors (Lipinski definition) is 4. The smallest absolute Gasteiger partial charge is 0.241 e. The number of likely N-dealkylation sites (N-methyl/N-ethyl adjacent to an activating group) is 1. The van der Waals surface area contributed by atoms with Crippen LogP contribution < -0.4 is 10.6 Å². The summed E-state index contributed by atoms with van der Waals surface area (Å²) in [6, 6.07) is 15.1. The molecule has 0 aliphatic heterocycles. The number of para-hydroxylation sites is 2. The second-order valence-corrected chi connectivity index (χ2v) is 8.07. The highest BCUT2D eigenvalue weighted by atomic mass is 32.2. The monoisotopic (exact) mass is 413 g/mol. The average Bonchev–Trinajstić information content (AvgIpc) is 2.73. The normalized spacial score (nSPS) is 13.0. The van der Waals surface area contributed by atoms with Crippen molar-refractivity contribution in [3.63, 3.8) is 0 Å². The fourth-order valence-electron chi connectivity index (χ4n) is 3.00. The fourth-order valence-corrected chi connectivity index (χ4v) is 3.55. The first-order chi connectivity index (χ1) is 13.9. The van der Waals surface area contributed by atoms with Gasteiger partial charge in [-0.1, -0.05) is 44.2 Å². The molecule has 0 aliphatic carbocycles. The Morgan fingerprint density at radius 3 is 2.28 bits per heavy atom. The number of hydrogen-bond donors (Lipinski definition) is 2. The van der Waals surface area contributed by atoms with Gasteiger partial charge in [-0.2, -0.15) is 0 Å². The number of nitrogens with zero attached hydrogens (tertiary/aromatic N) is 1. The van der Waals surface area contributed by atoms with E-state index < -0.39 is 6.04 Å². The Bertz CT molecular complexity index is 840. The maximum atomic E-state index is 12.8. The van der Waals surface area contributed by atoms with Gasteiger partial charge in [-0.25, -0.2) is 0 Å². The summed E-state index contributed by atoms with van der Waals surface area (Å²) in [7, 11) is 1.78. The van der Waals surface area contributed by atoms with E-state index in [0.717, 1.165) is 28.3 Å². The molecule has 2 atom stereocenters. The quantitative estimate of drug-likeness (QED) is 0.579. The van der Waals surface area contributed by atoms with Crippen molar-refractivity contribution in [3.8, 4) is 0 Å². The molecule has 2 rings (SSSR count). The standard InChI is InChI=1S/C23H31N3O2S/c1-6-16(2)18-11-7-8-12-19(18)25-23(28)17(3)26(4)15-22(27)24-20-13-9-10-14-21(20)29-5/h7-14,16-17H,6,15H2,1-5H3,(H,24,27)(H,25,28)/t16-,17-/m1/s1. The number of nitrogens with one attached hydrogen (secondary N) is 2. The Balaban J connectivity index is 1.98. The Morgan fingerprint density at radius 2 is 1.62 bits per heavy atom. The summed E-state index contributed by atoms with van der Waals surface area (Å²) in [6.45, 7) is 6.22. The van der Waals surface area contributed by atoms with E-state index in [1.54, 1.807) is 23.7 Å². The van der Waals surface area contributed by atoms with Crippen molar-refractivity contribution in [3.05, 3.63) is 54.1 Å². The number of carbonyl (C=O) groups is 2. The van der Waals surface area contributed by atoms with Gasteiger partial charge in [-0.3, -0.25) is 14.5 Å². The molecule has 156 valence electrons. The minimum absolute atomic E-state index is 0.124. The van der Waals surface area contributed by atoms with Gasteiger partial charge in [0.15, 0.2) is 0 Å². The van der Waals surface area contributed by atoms with Crippen LogP contribution in [0.5, 0.6) is 0 Å². The van der Waals surface area contributed by atoms with Crippen LogP contribution in [-0.2, 0) is 9.59 Å². The van der Waals surface area contributed by atoms with Gasteiger partial charge in [0.05, 0.1) is 18.3 Å². The van der Waals surface area contributed by atoms with Crippen LogP contribution in [-0.4, -0.2) is 42.6 Å². The Kier molecular flexibility index (Phi) is 8.73. The average molecular weight is 414 g/mol. The zero-order valence-corrected chi connectivity index (χ0v) is 18.7. The number of thioether (sulfide) groups is 1. The van der Waals surface area contributed by atoms with Gasteiger partial charge < -0.3 is 10.6 Å². The van der Waals surface area contributed by atoms with Crippen LogP contribution in [0.4, 0.5) is 11.4 Å². The van der Waals surface area contributed by atoms with Gasteiger partial charge in [0, 0.05) is 10.6 Å². The van der Waals surface area contributed by atoms with Gasteiger partial charge in [-0.15, -0.1) is 11.8 Å². The lowest BCUT2D eigenvalue weighted by atomic mass is 9.97. The van der Waals surface area contributed by atoms with Gasteiger partial charge in [-0.05, 0) is 56.3 Å². The number of amides is 2. The van der Waals surface area contributed by atoms with Crippen molar-refractivity contribution >= 4 is 35.0 Å². The van der Waals surface area contributed by atoms with Gasteiger partial charge in [0.25, 0.3) is 0 Å². The van der Waals surface area contributed by atoms with E-state index in [1.807, 2.05) is 55.6 Å². The van der Waals surface area contributed by atoms with E-state index in [9.17, 15) is 9.59 Å². The van der Waals surface area contributed by atoms with Crippen LogP contribution in [0, 0.1) is 0 Å². The molecule has 0 saturated heterocycles. The second kappa shape index (κ2) is 11.0. The molecule has 2 aromatic rings. The van der Waals surface area contributed by atoms with Crippen LogP contribution >= 0.6 is 11.8 Å². The molecule has 0 radical (unpaired) electrons. The van der Waals surface area contributed by atoms with Crippen molar-refractivity contribution in [2.45, 2.75) is 44.0 Å².